The van der Waals surface area contributed by atoms with E-state index in [1.54, 1.807) is 11.3 Å². The molecule has 26 heavy (non-hydrogen) atoms. The third-order valence-corrected chi connectivity index (χ3v) is 6.55. The summed E-state index contributed by atoms with van der Waals surface area (Å²) in [6, 6.07) is 1.96. The van der Waals surface area contributed by atoms with Crippen molar-refractivity contribution in [2.24, 2.45) is 0 Å². The van der Waals surface area contributed by atoms with E-state index in [0.717, 1.165) is 12.0 Å². The summed E-state index contributed by atoms with van der Waals surface area (Å²) in [5, 5.41) is 1.96. The van der Waals surface area contributed by atoms with Crippen LogP contribution in [0.1, 0.15) is 10.4 Å². The molecule has 2 aromatic rings. The van der Waals surface area contributed by atoms with Gasteiger partial charge in [-0.3, -0.25) is 4.90 Å². The number of nitrogens with zero attached hydrogens (tertiary/aromatic N) is 1. The van der Waals surface area contributed by atoms with Gasteiger partial charge in [0.25, 0.3) is 0 Å². The summed E-state index contributed by atoms with van der Waals surface area (Å²) in [4.78, 5) is 1.31. The van der Waals surface area contributed by atoms with Gasteiger partial charge < -0.3 is 0 Å². The van der Waals surface area contributed by atoms with Crippen LogP contribution in [0.2, 0.25) is 0 Å². The molecule has 0 spiro atoms. The van der Waals surface area contributed by atoms with E-state index in [1.807, 2.05) is 21.1 Å². The zero-order valence-electron chi connectivity index (χ0n) is 13.2. The van der Waals surface area contributed by atoms with E-state index in [1.165, 1.54) is 4.88 Å². The third kappa shape index (κ3) is 3.48. The average Bonchev–Trinajstić information content (AvgIpc) is 3.06. The zero-order chi connectivity index (χ0) is 19.1. The van der Waals surface area contributed by atoms with E-state index in [-0.39, 0.29) is 13.1 Å². The quantitative estimate of drug-likeness (QED) is 0.467. The number of thiophene rings is 1. The second-order valence-corrected chi connectivity index (χ2v) is 8.40. The molecule has 0 amide bonds. The Bertz CT molecular complexity index is 917. The highest BCUT2D eigenvalue weighted by atomic mass is 32.2. The molecule has 0 bridgehead atoms. The highest BCUT2D eigenvalue weighted by molar-refractivity contribution is 7.89. The Hall–Kier alpha value is -1.56. The van der Waals surface area contributed by atoms with Crippen molar-refractivity contribution >= 4 is 21.4 Å². The Labute approximate surface area is 150 Å². The van der Waals surface area contributed by atoms with Gasteiger partial charge in [-0.25, -0.2) is 35.1 Å². The van der Waals surface area contributed by atoms with Gasteiger partial charge >= 0.3 is 0 Å². The Kier molecular flexibility index (Phi) is 5.33. The number of fused-ring (bicyclic) bond motifs is 1. The monoisotopic (exact) mass is 412 g/mol. The largest absolute Gasteiger partial charge is 0.297 e. The van der Waals surface area contributed by atoms with Crippen molar-refractivity contribution in [1.82, 2.24) is 9.62 Å². The first kappa shape index (κ1) is 19.2. The molecular weight excluding hydrogens is 399 g/mol. The topological polar surface area (TPSA) is 49.4 Å². The molecule has 0 radical (unpaired) electrons. The number of nitrogens with one attached hydrogen (secondary N) is 1. The summed E-state index contributed by atoms with van der Waals surface area (Å²) in [6.45, 7) is 1.27. The standard InChI is InChI=1S/C15H13F5N2O2S2/c16-10-11(17)13(19)15(14(20)12(10)18)26(23,24)21-3-5-22-4-1-9-8(7-22)2-6-25-9/h2,6,21H,1,3-5,7H2. The van der Waals surface area contributed by atoms with Crippen molar-refractivity contribution in [1.29, 1.82) is 0 Å². The van der Waals surface area contributed by atoms with Crippen LogP contribution in [0.4, 0.5) is 22.0 Å². The molecule has 0 fully saturated rings. The van der Waals surface area contributed by atoms with Crippen LogP contribution in [0.3, 0.4) is 0 Å². The number of hydrogen-bond acceptors (Lipinski definition) is 4. The van der Waals surface area contributed by atoms with Gasteiger partial charge in [0.2, 0.25) is 15.8 Å². The smallest absolute Gasteiger partial charge is 0.246 e. The van der Waals surface area contributed by atoms with Crippen molar-refractivity contribution in [2.75, 3.05) is 19.6 Å². The maximum atomic E-state index is 13.7. The number of benzene rings is 1. The van der Waals surface area contributed by atoms with Gasteiger partial charge in [0.15, 0.2) is 28.2 Å². The Morgan fingerprint density at radius 3 is 2.31 bits per heavy atom. The van der Waals surface area contributed by atoms with E-state index >= 15 is 0 Å². The summed E-state index contributed by atoms with van der Waals surface area (Å²) in [7, 11) is -4.91. The maximum absolute atomic E-state index is 13.7. The maximum Gasteiger partial charge on any atom is 0.246 e. The molecule has 1 aliphatic heterocycles. The van der Waals surface area contributed by atoms with Gasteiger partial charge in [-0.05, 0) is 23.4 Å². The molecule has 0 atom stereocenters. The minimum absolute atomic E-state index is 0.226. The summed E-state index contributed by atoms with van der Waals surface area (Å²) >= 11 is 1.64. The highest BCUT2D eigenvalue weighted by Gasteiger charge is 2.33. The van der Waals surface area contributed by atoms with Crippen LogP contribution in [0.5, 0.6) is 0 Å². The Balaban J connectivity index is 1.71. The van der Waals surface area contributed by atoms with Crippen LogP contribution in [-0.2, 0) is 23.0 Å². The van der Waals surface area contributed by atoms with Crippen molar-refractivity contribution in [3.63, 3.8) is 0 Å². The molecule has 2 heterocycles. The van der Waals surface area contributed by atoms with Gasteiger partial charge in [-0.2, -0.15) is 0 Å². The fourth-order valence-electron chi connectivity index (χ4n) is 2.73. The first-order valence-electron chi connectivity index (χ1n) is 7.51. The SMILES string of the molecule is O=S(=O)(NCCN1CCc2sccc2C1)c1c(F)c(F)c(F)c(F)c1F. The lowest BCUT2D eigenvalue weighted by atomic mass is 10.1. The molecule has 142 valence electrons. The zero-order valence-corrected chi connectivity index (χ0v) is 14.8. The normalized spacial score (nSPS) is 15.3. The summed E-state index contributed by atoms with van der Waals surface area (Å²) in [5.41, 5.74) is 1.13. The second kappa shape index (κ2) is 7.22. The molecule has 4 nitrogen and oxygen atoms in total. The lowest BCUT2D eigenvalue weighted by Gasteiger charge is -2.26. The minimum Gasteiger partial charge on any atom is -0.297 e. The van der Waals surface area contributed by atoms with Crippen molar-refractivity contribution < 1.29 is 30.4 Å². The average molecular weight is 412 g/mol. The number of rotatable bonds is 5. The fourth-order valence-corrected chi connectivity index (χ4v) is 4.77. The Morgan fingerprint density at radius 2 is 1.65 bits per heavy atom. The van der Waals surface area contributed by atoms with E-state index < -0.39 is 44.0 Å². The molecule has 11 heteroatoms. The molecule has 0 saturated heterocycles. The van der Waals surface area contributed by atoms with Gasteiger partial charge in [-0.1, -0.05) is 0 Å². The number of halogens is 5. The third-order valence-electron chi connectivity index (χ3n) is 4.05. The van der Waals surface area contributed by atoms with Crippen LogP contribution < -0.4 is 4.72 Å². The molecule has 0 unspecified atom stereocenters. The first-order valence-corrected chi connectivity index (χ1v) is 9.87. The molecule has 1 N–H and O–H groups in total. The van der Waals surface area contributed by atoms with Crippen LogP contribution in [-0.4, -0.2) is 33.0 Å². The van der Waals surface area contributed by atoms with Crippen molar-refractivity contribution in [3.8, 4) is 0 Å². The van der Waals surface area contributed by atoms with Crippen LogP contribution in [0, 0.1) is 29.1 Å². The minimum atomic E-state index is -4.91. The van der Waals surface area contributed by atoms with E-state index in [4.69, 9.17) is 0 Å². The van der Waals surface area contributed by atoms with E-state index in [0.29, 0.717) is 13.1 Å². The van der Waals surface area contributed by atoms with Gasteiger partial charge in [0.1, 0.15) is 0 Å². The summed E-state index contributed by atoms with van der Waals surface area (Å²) in [5.74, 6) is -11.8. The second-order valence-electron chi connectivity index (χ2n) is 5.69. The summed E-state index contributed by atoms with van der Waals surface area (Å²) < 4.78 is 92.7. The predicted molar refractivity (Wildman–Crippen MR) is 84.7 cm³/mol. The predicted octanol–water partition coefficient (Wildman–Crippen LogP) is 2.78. The molecule has 1 aromatic heterocycles. The molecule has 3 rings (SSSR count). The van der Waals surface area contributed by atoms with Gasteiger partial charge in [0, 0.05) is 31.1 Å². The van der Waals surface area contributed by atoms with E-state index in [9.17, 15) is 30.4 Å². The van der Waals surface area contributed by atoms with Gasteiger partial charge in [-0.15, -0.1) is 11.3 Å². The molecule has 0 aliphatic carbocycles. The van der Waals surface area contributed by atoms with Crippen molar-refractivity contribution in [3.05, 3.63) is 51.0 Å². The first-order chi connectivity index (χ1) is 12.2. The fraction of sp³-hybridized carbons (Fsp3) is 0.333. The van der Waals surface area contributed by atoms with Gasteiger partial charge in [0.05, 0.1) is 0 Å². The van der Waals surface area contributed by atoms with Crippen LogP contribution in [0.25, 0.3) is 0 Å². The molecular formula is C15H13F5N2O2S2. The lowest BCUT2D eigenvalue weighted by molar-refractivity contribution is 0.260. The van der Waals surface area contributed by atoms with Crippen LogP contribution >= 0.6 is 11.3 Å². The Morgan fingerprint density at radius 1 is 1.04 bits per heavy atom. The lowest BCUT2D eigenvalue weighted by Crippen LogP contribution is -2.38. The molecule has 1 aliphatic rings. The van der Waals surface area contributed by atoms with Crippen LogP contribution in [0.15, 0.2) is 16.3 Å². The summed E-state index contributed by atoms with van der Waals surface area (Å²) in [6.07, 6.45) is 0.803. The number of sulfonamides is 1. The van der Waals surface area contributed by atoms with E-state index in [2.05, 4.69) is 0 Å². The number of hydrogen-bond donors (Lipinski definition) is 1. The molecule has 0 saturated carbocycles. The highest BCUT2D eigenvalue weighted by Crippen LogP contribution is 2.27. The van der Waals surface area contributed by atoms with Crippen molar-refractivity contribution in [2.45, 2.75) is 17.9 Å². The molecule has 1 aromatic carbocycles.